The number of rotatable bonds is 0. The summed E-state index contributed by atoms with van der Waals surface area (Å²) in [5.74, 6) is 0. The summed E-state index contributed by atoms with van der Waals surface area (Å²) in [6.07, 6.45) is 0. The van der Waals surface area contributed by atoms with Gasteiger partial charge in [-0.25, -0.2) is 0 Å². The fourth-order valence-corrected chi connectivity index (χ4v) is 0. The molecular formula is H3O5PSr. The maximum atomic E-state index is 8.77. The van der Waals surface area contributed by atoms with Crippen molar-refractivity contribution in [1.29, 1.82) is 0 Å². The van der Waals surface area contributed by atoms with Crippen LogP contribution < -0.4 is 4.89 Å². The minimum absolute atomic E-state index is 0. The first-order chi connectivity index (χ1) is 2.00. The molecule has 40 valence electrons. The van der Waals surface area contributed by atoms with Crippen molar-refractivity contribution in [2.45, 2.75) is 0 Å². The molecule has 0 fully saturated rings. The minimum atomic E-state index is -4.89. The van der Waals surface area contributed by atoms with Crippen LogP contribution in [0.1, 0.15) is 0 Å². The van der Waals surface area contributed by atoms with E-state index in [1.54, 1.807) is 0 Å². The largest absolute Gasteiger partial charge is 2.00 e. The van der Waals surface area contributed by atoms with Gasteiger partial charge in [-0.3, -0.25) is 4.57 Å². The van der Waals surface area contributed by atoms with Gasteiger partial charge in [0, 0.05) is 0 Å². The van der Waals surface area contributed by atoms with Crippen LogP contribution in [-0.2, 0) is 4.57 Å². The van der Waals surface area contributed by atoms with Gasteiger partial charge in [0.2, 0.25) is 0 Å². The van der Waals surface area contributed by atoms with Crippen molar-refractivity contribution in [1.82, 2.24) is 0 Å². The monoisotopic (exact) mass is 202 g/mol. The van der Waals surface area contributed by atoms with E-state index in [0.29, 0.717) is 0 Å². The first-order valence-corrected chi connectivity index (χ1v) is 2.30. The molecule has 3 N–H and O–H groups in total. The molecule has 0 aliphatic rings. The molecule has 0 aromatic rings. The van der Waals surface area contributed by atoms with Gasteiger partial charge in [-0.05, 0) is 0 Å². The van der Waals surface area contributed by atoms with E-state index in [9.17, 15) is 0 Å². The maximum absolute atomic E-state index is 8.77. The van der Waals surface area contributed by atoms with Gasteiger partial charge in [0.25, 0.3) is 7.82 Å². The summed E-state index contributed by atoms with van der Waals surface area (Å²) in [6.45, 7) is 0. The zero-order valence-corrected chi connectivity index (χ0v) is 7.68. The number of hydrogen-bond acceptors (Lipinski definition) is 3. The van der Waals surface area contributed by atoms with Gasteiger partial charge in [0.15, 0.2) is 0 Å². The van der Waals surface area contributed by atoms with Crippen LogP contribution >= 0.6 is 7.82 Å². The molecule has 7 heavy (non-hydrogen) atoms. The summed E-state index contributed by atoms with van der Waals surface area (Å²) >= 11 is 0. The average molecular weight is 202 g/mol. The SMILES string of the molecule is O=P([O-])(O)O.[OH-].[Sr+2]. The molecule has 5 nitrogen and oxygen atoms in total. The van der Waals surface area contributed by atoms with E-state index in [1.165, 1.54) is 0 Å². The molecule has 0 atom stereocenters. The fourth-order valence-electron chi connectivity index (χ4n) is 0. The van der Waals surface area contributed by atoms with E-state index in [2.05, 4.69) is 0 Å². The van der Waals surface area contributed by atoms with Gasteiger partial charge in [-0.1, -0.05) is 0 Å². The Morgan fingerprint density at radius 2 is 1.43 bits per heavy atom. The zero-order valence-electron chi connectivity index (χ0n) is 3.31. The smallest absolute Gasteiger partial charge is 0.870 e. The Morgan fingerprint density at radius 3 is 1.43 bits per heavy atom. The quantitative estimate of drug-likeness (QED) is 0.344. The van der Waals surface area contributed by atoms with Crippen LogP contribution in [0.15, 0.2) is 0 Å². The van der Waals surface area contributed by atoms with Crippen LogP contribution in [0, 0.1) is 0 Å². The summed E-state index contributed by atoms with van der Waals surface area (Å²) in [5, 5.41) is 0. The van der Waals surface area contributed by atoms with E-state index in [1.807, 2.05) is 0 Å². The molecule has 0 rings (SSSR count). The second-order valence-corrected chi connectivity index (χ2v) is 1.47. The Labute approximate surface area is 77.2 Å². The molecule has 0 aliphatic heterocycles. The molecule has 0 aromatic carbocycles. The van der Waals surface area contributed by atoms with Crippen molar-refractivity contribution in [2.75, 3.05) is 0 Å². The van der Waals surface area contributed by atoms with E-state index in [0.717, 1.165) is 0 Å². The normalized spacial score (nSPS) is 8.43. The standard InChI is InChI=1S/H3O4P.H2O.Sr/c1-5(2,3)4;;/h(H3,1,2,3,4);1H2;/q;;+2/p-2. The zero-order chi connectivity index (χ0) is 4.50. The van der Waals surface area contributed by atoms with E-state index >= 15 is 0 Å². The number of hydrogen-bond donors (Lipinski definition) is 2. The Bertz CT molecular complexity index is 54.2. The summed E-state index contributed by atoms with van der Waals surface area (Å²) in [4.78, 5) is 22.9. The fraction of sp³-hybridized carbons (Fsp3) is 0. The molecule has 0 bridgehead atoms. The van der Waals surface area contributed by atoms with Gasteiger partial charge >= 0.3 is 45.5 Å². The van der Waals surface area contributed by atoms with E-state index in [-0.39, 0.29) is 51.0 Å². The second kappa shape index (κ2) is 5.68. The first kappa shape index (κ1) is 15.8. The molecule has 7 heteroatoms. The Morgan fingerprint density at radius 1 is 1.43 bits per heavy atom. The van der Waals surface area contributed by atoms with Crippen LogP contribution in [0.4, 0.5) is 0 Å². The molecule has 0 heterocycles. The molecule has 0 unspecified atom stereocenters. The minimum Gasteiger partial charge on any atom is -0.870 e. The predicted molar refractivity (Wildman–Crippen MR) is 19.7 cm³/mol. The van der Waals surface area contributed by atoms with Crippen molar-refractivity contribution in [3.05, 3.63) is 0 Å². The third-order valence-electron chi connectivity index (χ3n) is 0. The summed E-state index contributed by atoms with van der Waals surface area (Å²) < 4.78 is 8.77. The van der Waals surface area contributed by atoms with Crippen molar-refractivity contribution in [3.8, 4) is 0 Å². The van der Waals surface area contributed by atoms with Crippen molar-refractivity contribution < 1.29 is 24.7 Å². The topological polar surface area (TPSA) is 111 Å². The molecule has 0 spiro atoms. The van der Waals surface area contributed by atoms with Gasteiger partial charge in [-0.15, -0.1) is 0 Å². The molecule has 0 amide bonds. The second-order valence-electron chi connectivity index (χ2n) is 0.491. The van der Waals surface area contributed by atoms with Crippen LogP contribution in [0.2, 0.25) is 0 Å². The molecule has 0 radical (unpaired) electrons. The third kappa shape index (κ3) is 96.8. The van der Waals surface area contributed by atoms with Crippen LogP contribution in [0.5, 0.6) is 0 Å². The predicted octanol–water partition coefficient (Wildman–Crippen LogP) is -2.12. The van der Waals surface area contributed by atoms with Crippen molar-refractivity contribution >= 4 is 53.3 Å². The summed E-state index contributed by atoms with van der Waals surface area (Å²) in [6, 6.07) is 0. The van der Waals surface area contributed by atoms with Crippen LogP contribution in [0.3, 0.4) is 0 Å². The van der Waals surface area contributed by atoms with E-state index in [4.69, 9.17) is 19.2 Å². The van der Waals surface area contributed by atoms with Gasteiger partial charge in [0.1, 0.15) is 0 Å². The van der Waals surface area contributed by atoms with Gasteiger partial charge < -0.3 is 20.2 Å². The Balaban J connectivity index is -0.0000000800. The molecular weight excluding hydrogens is 199 g/mol. The number of phosphoric acid groups is 1. The first-order valence-electron chi connectivity index (χ1n) is 0.765. The average Bonchev–Trinajstić information content (AvgIpc) is 0.722. The summed E-state index contributed by atoms with van der Waals surface area (Å²) in [7, 11) is -4.89. The Hall–Kier alpha value is 1.55. The van der Waals surface area contributed by atoms with Crippen molar-refractivity contribution in [2.24, 2.45) is 0 Å². The third-order valence-corrected chi connectivity index (χ3v) is 0. The van der Waals surface area contributed by atoms with Gasteiger partial charge in [-0.2, -0.15) is 0 Å². The van der Waals surface area contributed by atoms with Gasteiger partial charge in [0.05, 0.1) is 0 Å². The van der Waals surface area contributed by atoms with E-state index < -0.39 is 7.82 Å². The van der Waals surface area contributed by atoms with Crippen molar-refractivity contribution in [3.63, 3.8) is 0 Å². The Kier molecular flexibility index (Phi) is 12.8. The maximum Gasteiger partial charge on any atom is 2.00 e. The molecule has 0 saturated heterocycles. The molecule has 0 aliphatic carbocycles. The molecule has 0 aromatic heterocycles. The van der Waals surface area contributed by atoms with Crippen LogP contribution in [0.25, 0.3) is 0 Å². The van der Waals surface area contributed by atoms with Crippen LogP contribution in [-0.4, -0.2) is 60.7 Å². The molecule has 0 saturated carbocycles. The summed E-state index contributed by atoms with van der Waals surface area (Å²) in [5.41, 5.74) is 0.